The van der Waals surface area contributed by atoms with Crippen molar-refractivity contribution in [2.75, 3.05) is 6.61 Å². The third-order valence-electron chi connectivity index (χ3n) is 7.49. The third-order valence-corrected chi connectivity index (χ3v) is 7.49. The van der Waals surface area contributed by atoms with E-state index in [2.05, 4.69) is 17.6 Å². The molecular formula is C21H32N2O4. The van der Waals surface area contributed by atoms with Crippen LogP contribution in [0.1, 0.15) is 71.1 Å². The molecule has 0 aromatic heterocycles. The molecule has 0 radical (unpaired) electrons. The van der Waals surface area contributed by atoms with Crippen molar-refractivity contribution in [1.82, 2.24) is 10.6 Å². The molecule has 6 heteroatoms. The van der Waals surface area contributed by atoms with Gasteiger partial charge in [-0.05, 0) is 75.0 Å². The molecule has 0 aromatic rings. The summed E-state index contributed by atoms with van der Waals surface area (Å²) in [6.45, 7) is 1.76. The van der Waals surface area contributed by atoms with Gasteiger partial charge in [0.2, 0.25) is 0 Å². The quantitative estimate of drug-likeness (QED) is 0.738. The number of hydrogen-bond donors (Lipinski definition) is 2. The van der Waals surface area contributed by atoms with Gasteiger partial charge >= 0.3 is 12.0 Å². The Morgan fingerprint density at radius 1 is 0.963 bits per heavy atom. The molecule has 150 valence electrons. The number of carbonyl (C=O) groups is 3. The van der Waals surface area contributed by atoms with Gasteiger partial charge in [-0.25, -0.2) is 4.79 Å². The second-order valence-electron chi connectivity index (χ2n) is 9.66. The van der Waals surface area contributed by atoms with E-state index in [1.165, 1.54) is 25.7 Å². The van der Waals surface area contributed by atoms with E-state index < -0.39 is 11.9 Å². The van der Waals surface area contributed by atoms with Crippen molar-refractivity contribution in [1.29, 1.82) is 0 Å². The number of rotatable bonds is 4. The minimum Gasteiger partial charge on any atom is -0.455 e. The molecule has 2 atom stereocenters. The maximum atomic E-state index is 12.7. The normalized spacial score (nSPS) is 39.7. The molecule has 2 N–H and O–H groups in total. The average Bonchev–Trinajstić information content (AvgIpc) is 2.60. The fraction of sp³-hybridized carbons (Fsp3) is 0.857. The number of carbonyl (C=O) groups excluding carboxylic acids is 3. The molecule has 27 heavy (non-hydrogen) atoms. The molecule has 5 aliphatic carbocycles. The summed E-state index contributed by atoms with van der Waals surface area (Å²) in [7, 11) is 0. The van der Waals surface area contributed by atoms with Crippen LogP contribution in [-0.2, 0) is 14.3 Å². The maximum absolute atomic E-state index is 12.7. The lowest BCUT2D eigenvalue weighted by molar-refractivity contribution is -0.173. The van der Waals surface area contributed by atoms with Gasteiger partial charge in [-0.15, -0.1) is 0 Å². The summed E-state index contributed by atoms with van der Waals surface area (Å²) in [6.07, 6.45) is 10.9. The molecule has 0 spiro atoms. The van der Waals surface area contributed by atoms with Gasteiger partial charge in [-0.1, -0.05) is 19.8 Å². The van der Waals surface area contributed by atoms with Crippen LogP contribution >= 0.6 is 0 Å². The Morgan fingerprint density at radius 2 is 1.56 bits per heavy atom. The van der Waals surface area contributed by atoms with Crippen molar-refractivity contribution in [3.63, 3.8) is 0 Å². The molecule has 4 bridgehead atoms. The number of amides is 3. The second kappa shape index (κ2) is 7.44. The summed E-state index contributed by atoms with van der Waals surface area (Å²) in [6, 6.07) is -0.370. The number of urea groups is 1. The summed E-state index contributed by atoms with van der Waals surface area (Å²) < 4.78 is 5.37. The first-order chi connectivity index (χ1) is 12.9. The lowest BCUT2D eigenvalue weighted by Gasteiger charge is -2.55. The highest BCUT2D eigenvalue weighted by Gasteiger charge is 2.55. The van der Waals surface area contributed by atoms with Gasteiger partial charge in [-0.2, -0.15) is 0 Å². The van der Waals surface area contributed by atoms with Crippen LogP contribution in [0.2, 0.25) is 0 Å². The predicted molar refractivity (Wildman–Crippen MR) is 99.7 cm³/mol. The predicted octanol–water partition coefficient (Wildman–Crippen LogP) is 3.15. The van der Waals surface area contributed by atoms with Gasteiger partial charge in [0.05, 0.1) is 5.41 Å². The first kappa shape index (κ1) is 18.8. The molecule has 5 saturated carbocycles. The Balaban J connectivity index is 1.23. The monoisotopic (exact) mass is 376 g/mol. The van der Waals surface area contributed by atoms with E-state index in [-0.39, 0.29) is 24.0 Å². The summed E-state index contributed by atoms with van der Waals surface area (Å²) >= 11 is 0. The molecule has 0 unspecified atom stereocenters. The van der Waals surface area contributed by atoms with Gasteiger partial charge in [0.1, 0.15) is 0 Å². The lowest BCUT2D eigenvalue weighted by Crippen LogP contribution is -2.51. The Bertz CT molecular complexity index is 582. The van der Waals surface area contributed by atoms with Crippen molar-refractivity contribution >= 4 is 17.9 Å². The van der Waals surface area contributed by atoms with Crippen LogP contribution in [0.4, 0.5) is 4.79 Å². The number of ether oxygens (including phenoxy) is 1. The third kappa shape index (κ3) is 3.99. The van der Waals surface area contributed by atoms with Crippen LogP contribution in [0.5, 0.6) is 0 Å². The van der Waals surface area contributed by atoms with Crippen molar-refractivity contribution in [2.45, 2.75) is 77.2 Å². The van der Waals surface area contributed by atoms with Crippen molar-refractivity contribution in [3.8, 4) is 0 Å². The van der Waals surface area contributed by atoms with E-state index in [0.717, 1.165) is 38.5 Å². The van der Waals surface area contributed by atoms with Crippen LogP contribution in [0.3, 0.4) is 0 Å². The van der Waals surface area contributed by atoms with E-state index in [4.69, 9.17) is 4.74 Å². The lowest BCUT2D eigenvalue weighted by atomic mass is 9.49. The van der Waals surface area contributed by atoms with Crippen LogP contribution < -0.4 is 10.6 Å². The number of nitrogens with one attached hydrogen (secondary N) is 2. The summed E-state index contributed by atoms with van der Waals surface area (Å²) in [5, 5.41) is 5.20. The molecule has 0 aliphatic heterocycles. The smallest absolute Gasteiger partial charge is 0.321 e. The van der Waals surface area contributed by atoms with E-state index in [9.17, 15) is 14.4 Å². The summed E-state index contributed by atoms with van der Waals surface area (Å²) in [5.74, 6) is 1.61. The molecule has 5 rings (SSSR count). The molecule has 3 amide bonds. The van der Waals surface area contributed by atoms with E-state index in [1.54, 1.807) is 0 Å². The van der Waals surface area contributed by atoms with Crippen LogP contribution in [-0.4, -0.2) is 30.6 Å². The molecule has 5 fully saturated rings. The average molecular weight is 376 g/mol. The number of hydrogen-bond acceptors (Lipinski definition) is 4. The molecule has 0 saturated heterocycles. The minimum absolute atomic E-state index is 0.112. The zero-order valence-electron chi connectivity index (χ0n) is 16.3. The highest BCUT2D eigenvalue weighted by atomic mass is 16.5. The fourth-order valence-corrected chi connectivity index (χ4v) is 6.54. The standard InChI is InChI=1S/C21H32N2O4/c1-13-4-2-3-5-17(13)22-20(26)23-18(24)12-27-19(25)21-9-14-6-15(10-21)8-16(7-14)11-21/h13-17H,2-12H2,1H3,(H2,22,23,24,26)/t13-,14?,15?,16?,17-,21?/m0/s1. The van der Waals surface area contributed by atoms with E-state index in [0.29, 0.717) is 23.7 Å². The number of imide groups is 1. The van der Waals surface area contributed by atoms with Gasteiger partial charge in [0.15, 0.2) is 6.61 Å². The second-order valence-corrected chi connectivity index (χ2v) is 9.66. The molecular weight excluding hydrogens is 344 g/mol. The Hall–Kier alpha value is -1.59. The highest BCUT2D eigenvalue weighted by Crippen LogP contribution is 2.60. The van der Waals surface area contributed by atoms with Gasteiger partial charge in [0.25, 0.3) is 5.91 Å². The Kier molecular flexibility index (Phi) is 5.17. The van der Waals surface area contributed by atoms with E-state index >= 15 is 0 Å². The van der Waals surface area contributed by atoms with Crippen molar-refractivity contribution in [2.24, 2.45) is 29.1 Å². The Labute approximate surface area is 161 Å². The van der Waals surface area contributed by atoms with Crippen LogP contribution in [0, 0.1) is 29.1 Å². The van der Waals surface area contributed by atoms with Gasteiger partial charge < -0.3 is 10.1 Å². The van der Waals surface area contributed by atoms with Crippen LogP contribution in [0.25, 0.3) is 0 Å². The summed E-state index contributed by atoms with van der Waals surface area (Å²) in [5.41, 5.74) is -0.366. The van der Waals surface area contributed by atoms with Crippen molar-refractivity contribution < 1.29 is 19.1 Å². The largest absolute Gasteiger partial charge is 0.455 e. The molecule has 5 aliphatic rings. The zero-order chi connectivity index (χ0) is 19.0. The van der Waals surface area contributed by atoms with Crippen LogP contribution in [0.15, 0.2) is 0 Å². The Morgan fingerprint density at radius 3 is 2.15 bits per heavy atom. The van der Waals surface area contributed by atoms with Gasteiger partial charge in [-0.3, -0.25) is 14.9 Å². The zero-order valence-corrected chi connectivity index (χ0v) is 16.3. The van der Waals surface area contributed by atoms with E-state index in [1.807, 2.05) is 0 Å². The van der Waals surface area contributed by atoms with Crippen molar-refractivity contribution in [3.05, 3.63) is 0 Å². The fourth-order valence-electron chi connectivity index (χ4n) is 6.54. The molecule has 6 nitrogen and oxygen atoms in total. The van der Waals surface area contributed by atoms with Gasteiger partial charge in [0, 0.05) is 6.04 Å². The number of esters is 1. The minimum atomic E-state index is -0.547. The molecule has 0 heterocycles. The topological polar surface area (TPSA) is 84.5 Å². The molecule has 0 aromatic carbocycles. The highest BCUT2D eigenvalue weighted by molar-refractivity contribution is 5.95. The summed E-state index contributed by atoms with van der Waals surface area (Å²) in [4.78, 5) is 36.9. The first-order valence-corrected chi connectivity index (χ1v) is 10.7. The first-order valence-electron chi connectivity index (χ1n) is 10.7. The SMILES string of the molecule is C[C@H]1CCCC[C@@H]1NC(=O)NC(=O)COC(=O)C12CC3CC(CC(C3)C1)C2. The maximum Gasteiger partial charge on any atom is 0.321 e.